The minimum Gasteiger partial charge on any atom is -0.352 e. The van der Waals surface area contributed by atoms with Crippen molar-refractivity contribution in [2.24, 2.45) is 5.92 Å². The van der Waals surface area contributed by atoms with Crippen LogP contribution in [0, 0.1) is 5.92 Å². The topological polar surface area (TPSA) is 75.3 Å². The van der Waals surface area contributed by atoms with E-state index < -0.39 is 9.84 Å². The Hall–Kier alpha value is -0.330. The van der Waals surface area contributed by atoms with Crippen molar-refractivity contribution in [3.05, 3.63) is 0 Å². The second-order valence-corrected chi connectivity index (χ2v) is 8.84. The molecule has 122 valence electrons. The van der Waals surface area contributed by atoms with Gasteiger partial charge in [-0.25, -0.2) is 8.42 Å². The lowest BCUT2D eigenvalue weighted by atomic mass is 9.85. The highest BCUT2D eigenvalue weighted by Gasteiger charge is 2.38. The van der Waals surface area contributed by atoms with E-state index >= 15 is 0 Å². The lowest BCUT2D eigenvalue weighted by molar-refractivity contribution is -0.123. The number of hydrogen-bond acceptors (Lipinski definition) is 4. The quantitative estimate of drug-likeness (QED) is 0.789. The fraction of sp³-hybridized carbons (Fsp3) is 0.929. The van der Waals surface area contributed by atoms with Gasteiger partial charge in [-0.1, -0.05) is 12.8 Å². The number of carbonyl (C=O) groups excluding carboxylic acids is 1. The average Bonchev–Trinajstić information content (AvgIpc) is 2.85. The van der Waals surface area contributed by atoms with Crippen molar-refractivity contribution < 1.29 is 13.2 Å². The van der Waals surface area contributed by atoms with Crippen molar-refractivity contribution in [1.82, 2.24) is 10.6 Å². The average molecular weight is 337 g/mol. The Balaban J connectivity index is 0.00000161. The largest absolute Gasteiger partial charge is 0.352 e. The number of hydrogen-bond donors (Lipinski definition) is 2. The predicted octanol–water partition coefficient (Wildman–Crippen LogP) is 1.02. The molecule has 5 nitrogen and oxygen atoms in total. The summed E-state index contributed by atoms with van der Waals surface area (Å²) >= 11 is 0. The van der Waals surface area contributed by atoms with Crippen LogP contribution in [0.25, 0.3) is 0 Å². The molecule has 21 heavy (non-hydrogen) atoms. The van der Waals surface area contributed by atoms with E-state index in [-0.39, 0.29) is 41.9 Å². The summed E-state index contributed by atoms with van der Waals surface area (Å²) in [6, 6.07) is 0.489. The molecule has 2 saturated heterocycles. The van der Waals surface area contributed by atoms with Gasteiger partial charge in [0.15, 0.2) is 0 Å². The van der Waals surface area contributed by atoms with E-state index in [1.165, 1.54) is 25.7 Å². The molecule has 0 aromatic carbocycles. The molecule has 2 N–H and O–H groups in total. The van der Waals surface area contributed by atoms with Crippen LogP contribution in [0.3, 0.4) is 0 Å². The Kier molecular flexibility index (Phi) is 5.54. The molecule has 0 aromatic rings. The molecule has 3 aliphatic rings. The van der Waals surface area contributed by atoms with Crippen LogP contribution >= 0.6 is 12.4 Å². The predicted molar refractivity (Wildman–Crippen MR) is 84.4 cm³/mol. The van der Waals surface area contributed by atoms with Crippen molar-refractivity contribution in [3.8, 4) is 0 Å². The van der Waals surface area contributed by atoms with Gasteiger partial charge in [-0.3, -0.25) is 4.79 Å². The normalized spacial score (nSPS) is 35.5. The summed E-state index contributed by atoms with van der Waals surface area (Å²) in [6.45, 7) is 0. The maximum absolute atomic E-state index is 12.3. The van der Waals surface area contributed by atoms with Gasteiger partial charge in [0.1, 0.15) is 9.84 Å². The lowest BCUT2D eigenvalue weighted by Crippen LogP contribution is -2.48. The van der Waals surface area contributed by atoms with Gasteiger partial charge in [0.05, 0.1) is 17.5 Å². The summed E-state index contributed by atoms with van der Waals surface area (Å²) in [5.41, 5.74) is 0. The minimum atomic E-state index is -2.85. The number of sulfone groups is 1. The summed E-state index contributed by atoms with van der Waals surface area (Å²) < 4.78 is 22.8. The van der Waals surface area contributed by atoms with Crippen molar-refractivity contribution in [3.63, 3.8) is 0 Å². The zero-order valence-electron chi connectivity index (χ0n) is 12.2. The third kappa shape index (κ3) is 4.11. The molecule has 0 aromatic heterocycles. The third-order valence-electron chi connectivity index (χ3n) is 5.08. The van der Waals surface area contributed by atoms with E-state index in [1.54, 1.807) is 0 Å². The van der Waals surface area contributed by atoms with E-state index in [0.29, 0.717) is 24.8 Å². The van der Waals surface area contributed by atoms with E-state index in [1.807, 2.05) is 0 Å². The molecule has 7 heteroatoms. The zero-order chi connectivity index (χ0) is 14.2. The molecule has 1 aliphatic carbocycles. The highest BCUT2D eigenvalue weighted by Crippen LogP contribution is 2.33. The van der Waals surface area contributed by atoms with Gasteiger partial charge < -0.3 is 10.6 Å². The molecule has 2 heterocycles. The molecule has 3 atom stereocenters. The molecule has 0 bridgehead atoms. The van der Waals surface area contributed by atoms with Crippen molar-refractivity contribution in [1.29, 1.82) is 0 Å². The first-order valence-electron chi connectivity index (χ1n) is 7.80. The smallest absolute Gasteiger partial charge is 0.237 e. The SMILES string of the molecule is Cl.O=C(NC1CCS(=O)(=O)CC1)C1CC2CCCCC2N1. The number of rotatable bonds is 2. The van der Waals surface area contributed by atoms with Gasteiger partial charge in [-0.2, -0.15) is 0 Å². The molecular formula is C14H25ClN2O3S. The molecule has 0 spiro atoms. The highest BCUT2D eigenvalue weighted by atomic mass is 35.5. The Labute approximate surface area is 133 Å². The number of amides is 1. The molecule has 3 rings (SSSR count). The molecule has 0 radical (unpaired) electrons. The van der Waals surface area contributed by atoms with Crippen LogP contribution in [0.1, 0.15) is 44.9 Å². The molecule has 3 fully saturated rings. The van der Waals surface area contributed by atoms with Crippen molar-refractivity contribution in [2.45, 2.75) is 63.1 Å². The Morgan fingerprint density at radius 1 is 1.05 bits per heavy atom. The summed E-state index contributed by atoms with van der Waals surface area (Å²) in [5, 5.41) is 6.51. The zero-order valence-corrected chi connectivity index (χ0v) is 13.8. The minimum absolute atomic E-state index is 0. The fourth-order valence-electron chi connectivity index (χ4n) is 3.86. The van der Waals surface area contributed by atoms with Crippen LogP contribution in [0.15, 0.2) is 0 Å². The molecule has 3 unspecified atom stereocenters. The monoisotopic (exact) mass is 336 g/mol. The van der Waals surface area contributed by atoms with Crippen molar-refractivity contribution in [2.75, 3.05) is 11.5 Å². The van der Waals surface area contributed by atoms with Crippen molar-refractivity contribution >= 4 is 28.2 Å². The first-order valence-corrected chi connectivity index (χ1v) is 9.62. The Morgan fingerprint density at radius 2 is 1.71 bits per heavy atom. The van der Waals surface area contributed by atoms with Crippen LogP contribution in [0.4, 0.5) is 0 Å². The van der Waals surface area contributed by atoms with Crippen LogP contribution in [0.5, 0.6) is 0 Å². The second-order valence-electron chi connectivity index (χ2n) is 6.54. The van der Waals surface area contributed by atoms with Gasteiger partial charge in [-0.05, 0) is 38.0 Å². The molecule has 2 aliphatic heterocycles. The highest BCUT2D eigenvalue weighted by molar-refractivity contribution is 7.91. The maximum Gasteiger partial charge on any atom is 0.237 e. The fourth-order valence-corrected chi connectivity index (χ4v) is 5.35. The molecule has 1 saturated carbocycles. The number of carbonyl (C=O) groups is 1. The second kappa shape index (κ2) is 6.84. The summed E-state index contributed by atoms with van der Waals surface area (Å²) in [6.07, 6.45) is 7.06. The Bertz CT molecular complexity index is 455. The van der Waals surface area contributed by atoms with E-state index in [2.05, 4.69) is 10.6 Å². The van der Waals surface area contributed by atoms with Gasteiger partial charge >= 0.3 is 0 Å². The maximum atomic E-state index is 12.3. The lowest BCUT2D eigenvalue weighted by Gasteiger charge is -2.25. The number of fused-ring (bicyclic) bond motifs is 1. The van der Waals surface area contributed by atoms with Crippen LogP contribution in [0.2, 0.25) is 0 Å². The first-order chi connectivity index (χ1) is 9.53. The first kappa shape index (κ1) is 17.0. The van der Waals surface area contributed by atoms with Gasteiger partial charge in [0, 0.05) is 12.1 Å². The number of nitrogens with one attached hydrogen (secondary N) is 2. The van der Waals surface area contributed by atoms with E-state index in [4.69, 9.17) is 0 Å². The van der Waals surface area contributed by atoms with Crippen LogP contribution in [-0.4, -0.2) is 44.0 Å². The van der Waals surface area contributed by atoms with Gasteiger partial charge in [-0.15, -0.1) is 12.4 Å². The Morgan fingerprint density at radius 3 is 2.38 bits per heavy atom. The van der Waals surface area contributed by atoms with Gasteiger partial charge in [0.25, 0.3) is 0 Å². The third-order valence-corrected chi connectivity index (χ3v) is 6.80. The van der Waals surface area contributed by atoms with Crippen LogP contribution in [-0.2, 0) is 14.6 Å². The van der Waals surface area contributed by atoms with E-state index in [0.717, 1.165) is 6.42 Å². The van der Waals surface area contributed by atoms with Crippen LogP contribution < -0.4 is 10.6 Å². The molecule has 1 amide bonds. The number of halogens is 1. The standard InChI is InChI=1S/C14H24N2O3S.ClH/c17-14(15-11-5-7-20(18,19)8-6-11)13-9-10-3-1-2-4-12(10)16-13;/h10-13,16H,1-9H2,(H,15,17);1H. The van der Waals surface area contributed by atoms with Gasteiger partial charge in [0.2, 0.25) is 5.91 Å². The molecular weight excluding hydrogens is 312 g/mol. The van der Waals surface area contributed by atoms with E-state index in [9.17, 15) is 13.2 Å². The summed E-state index contributed by atoms with van der Waals surface area (Å²) in [4.78, 5) is 12.3. The summed E-state index contributed by atoms with van der Waals surface area (Å²) in [7, 11) is -2.85. The summed E-state index contributed by atoms with van der Waals surface area (Å²) in [5.74, 6) is 1.15.